The van der Waals surface area contributed by atoms with E-state index >= 15 is 0 Å². The summed E-state index contributed by atoms with van der Waals surface area (Å²) in [6, 6.07) is 5.76. The molecular weight excluding hydrogens is 246 g/mol. The van der Waals surface area contributed by atoms with Crippen molar-refractivity contribution in [3.8, 4) is 0 Å². The van der Waals surface area contributed by atoms with E-state index in [1.807, 2.05) is 6.07 Å². The van der Waals surface area contributed by atoms with Crippen LogP contribution in [0.2, 0.25) is 0 Å². The molecule has 0 heterocycles. The third-order valence-corrected chi connectivity index (χ3v) is 5.61. The molecule has 1 aromatic rings. The molecule has 18 heavy (non-hydrogen) atoms. The van der Waals surface area contributed by atoms with Gasteiger partial charge in [0.15, 0.2) is 0 Å². The molecule has 2 aliphatic rings. The Morgan fingerprint density at radius 1 is 1.17 bits per heavy atom. The van der Waals surface area contributed by atoms with Gasteiger partial charge in [-0.25, -0.2) is 13.6 Å². The van der Waals surface area contributed by atoms with E-state index in [0.717, 1.165) is 17.4 Å². The van der Waals surface area contributed by atoms with Gasteiger partial charge in [-0.3, -0.25) is 0 Å². The van der Waals surface area contributed by atoms with E-state index in [2.05, 4.69) is 6.07 Å². The lowest BCUT2D eigenvalue weighted by atomic mass is 10.0. The number of fused-ring (bicyclic) bond motifs is 1. The van der Waals surface area contributed by atoms with Gasteiger partial charge < -0.3 is 0 Å². The van der Waals surface area contributed by atoms with Crippen LogP contribution in [0.5, 0.6) is 0 Å². The number of sulfonamides is 1. The highest BCUT2D eigenvalue weighted by atomic mass is 32.2. The predicted octanol–water partition coefficient (Wildman–Crippen LogP) is 2.55. The minimum atomic E-state index is -3.59. The summed E-state index contributed by atoms with van der Waals surface area (Å²) in [5, 5.41) is 5.27. The van der Waals surface area contributed by atoms with Crippen molar-refractivity contribution in [2.45, 2.75) is 43.4 Å². The van der Waals surface area contributed by atoms with Crippen LogP contribution in [0, 0.1) is 18.8 Å². The van der Waals surface area contributed by atoms with Gasteiger partial charge in [0.1, 0.15) is 0 Å². The van der Waals surface area contributed by atoms with Crippen molar-refractivity contribution in [2.75, 3.05) is 0 Å². The molecule has 1 unspecified atom stereocenters. The van der Waals surface area contributed by atoms with Gasteiger partial charge in [-0.05, 0) is 54.7 Å². The Morgan fingerprint density at radius 3 is 2.33 bits per heavy atom. The first-order chi connectivity index (χ1) is 8.48. The summed E-state index contributed by atoms with van der Waals surface area (Å²) >= 11 is 0. The van der Waals surface area contributed by atoms with Gasteiger partial charge in [0.05, 0.1) is 4.90 Å². The van der Waals surface area contributed by atoms with Crippen molar-refractivity contribution in [1.82, 2.24) is 0 Å². The smallest absolute Gasteiger partial charge is 0.225 e. The van der Waals surface area contributed by atoms with Crippen molar-refractivity contribution >= 4 is 10.0 Å². The van der Waals surface area contributed by atoms with Crippen molar-refractivity contribution < 1.29 is 8.42 Å². The molecule has 0 bridgehead atoms. The van der Waals surface area contributed by atoms with E-state index in [4.69, 9.17) is 5.14 Å². The zero-order valence-corrected chi connectivity index (χ0v) is 11.4. The maximum atomic E-state index is 11.5. The van der Waals surface area contributed by atoms with Gasteiger partial charge in [0.25, 0.3) is 0 Å². The van der Waals surface area contributed by atoms with E-state index in [1.54, 1.807) is 13.0 Å². The molecule has 3 nitrogen and oxygen atoms in total. The van der Waals surface area contributed by atoms with Crippen LogP contribution in [0.15, 0.2) is 23.1 Å². The second-order valence-electron chi connectivity index (χ2n) is 5.71. The Morgan fingerprint density at radius 2 is 1.78 bits per heavy atom. The highest BCUT2D eigenvalue weighted by Crippen LogP contribution is 2.61. The monoisotopic (exact) mass is 265 g/mol. The average molecular weight is 265 g/mol. The summed E-state index contributed by atoms with van der Waals surface area (Å²) in [5.74, 6) is 2.15. The summed E-state index contributed by atoms with van der Waals surface area (Å²) < 4.78 is 23.1. The van der Waals surface area contributed by atoms with Crippen molar-refractivity contribution in [1.29, 1.82) is 0 Å². The fourth-order valence-corrected chi connectivity index (χ4v) is 4.43. The molecule has 1 aromatic carbocycles. The first kappa shape index (κ1) is 12.2. The van der Waals surface area contributed by atoms with Gasteiger partial charge >= 0.3 is 0 Å². The third kappa shape index (κ3) is 1.97. The number of benzene rings is 1. The molecule has 4 heteroatoms. The van der Waals surface area contributed by atoms with Crippen LogP contribution >= 0.6 is 0 Å². The van der Waals surface area contributed by atoms with Crippen LogP contribution in [0.4, 0.5) is 0 Å². The fraction of sp³-hybridized carbons (Fsp3) is 0.571. The lowest BCUT2D eigenvalue weighted by Gasteiger charge is -2.07. The Hall–Kier alpha value is -0.870. The topological polar surface area (TPSA) is 60.2 Å². The Kier molecular flexibility index (Phi) is 2.75. The number of hydrogen-bond donors (Lipinski definition) is 1. The summed E-state index contributed by atoms with van der Waals surface area (Å²) in [4.78, 5) is 0.295. The van der Waals surface area contributed by atoms with Crippen LogP contribution in [0.1, 0.15) is 42.7 Å². The van der Waals surface area contributed by atoms with Crippen molar-refractivity contribution in [3.63, 3.8) is 0 Å². The lowest BCUT2D eigenvalue weighted by molar-refractivity contribution is 0.480. The molecule has 2 saturated carbocycles. The summed E-state index contributed by atoms with van der Waals surface area (Å²) in [6.07, 6.45) is 5.25. The number of primary sulfonamides is 1. The molecule has 0 spiro atoms. The highest BCUT2D eigenvalue weighted by Gasteiger charge is 2.51. The van der Waals surface area contributed by atoms with Crippen molar-refractivity contribution in [3.05, 3.63) is 29.3 Å². The van der Waals surface area contributed by atoms with Crippen LogP contribution in [-0.4, -0.2) is 8.42 Å². The molecule has 98 valence electrons. The van der Waals surface area contributed by atoms with E-state index in [9.17, 15) is 8.42 Å². The molecule has 3 rings (SSSR count). The quantitative estimate of drug-likeness (QED) is 0.893. The second kappa shape index (κ2) is 4.07. The molecule has 2 fully saturated rings. The number of hydrogen-bond acceptors (Lipinski definition) is 2. The normalized spacial score (nSPS) is 30.9. The van der Waals surface area contributed by atoms with Gasteiger partial charge in [-0.15, -0.1) is 0 Å². The number of nitrogens with two attached hydrogens (primary N) is 1. The average Bonchev–Trinajstić information content (AvgIpc) is 3.02. The fourth-order valence-electron chi connectivity index (χ4n) is 3.62. The van der Waals surface area contributed by atoms with Crippen LogP contribution in [-0.2, 0) is 10.0 Å². The maximum absolute atomic E-state index is 11.5. The maximum Gasteiger partial charge on any atom is 0.238 e. The van der Waals surface area contributed by atoms with Gasteiger partial charge in [0.2, 0.25) is 10.0 Å². The molecule has 0 radical (unpaired) electrons. The minimum Gasteiger partial charge on any atom is -0.225 e. The lowest BCUT2D eigenvalue weighted by Crippen LogP contribution is -2.14. The highest BCUT2D eigenvalue weighted by molar-refractivity contribution is 7.89. The largest absolute Gasteiger partial charge is 0.238 e. The predicted molar refractivity (Wildman–Crippen MR) is 70.7 cm³/mol. The third-order valence-electron chi connectivity index (χ3n) is 4.56. The number of aryl methyl sites for hydroxylation is 1. The van der Waals surface area contributed by atoms with Crippen LogP contribution in [0.25, 0.3) is 0 Å². The molecule has 2 aliphatic carbocycles. The minimum absolute atomic E-state index is 0.295. The summed E-state index contributed by atoms with van der Waals surface area (Å²) in [5.41, 5.74) is 1.91. The van der Waals surface area contributed by atoms with Crippen molar-refractivity contribution in [2.24, 2.45) is 17.0 Å². The van der Waals surface area contributed by atoms with E-state index < -0.39 is 10.0 Å². The number of rotatable bonds is 2. The van der Waals surface area contributed by atoms with E-state index in [1.165, 1.54) is 31.2 Å². The Bertz CT molecular complexity index is 567. The second-order valence-corrected chi connectivity index (χ2v) is 7.24. The first-order valence-corrected chi connectivity index (χ1v) is 8.16. The van der Waals surface area contributed by atoms with E-state index in [0.29, 0.717) is 10.8 Å². The van der Waals surface area contributed by atoms with Gasteiger partial charge in [0, 0.05) is 0 Å². The molecule has 2 N–H and O–H groups in total. The standard InChI is InChI=1S/C14H19NO2S/c1-9-6-7-10(8-13(9)18(15,16)17)14-11-4-2-3-5-12(11)14/h6-8,11-12,14H,2-5H2,1H3,(H2,15,16,17)/t11-,12+,14?. The zero-order chi connectivity index (χ0) is 12.9. The SMILES string of the molecule is Cc1ccc(C2[C@H]3CCCC[C@@H]23)cc1S(N)(=O)=O. The molecule has 0 aromatic heterocycles. The first-order valence-electron chi connectivity index (χ1n) is 6.62. The zero-order valence-electron chi connectivity index (χ0n) is 10.6. The van der Waals surface area contributed by atoms with Crippen LogP contribution in [0.3, 0.4) is 0 Å². The molecule has 3 atom stereocenters. The molecule has 0 saturated heterocycles. The molecule has 0 aliphatic heterocycles. The van der Waals surface area contributed by atoms with E-state index in [-0.39, 0.29) is 0 Å². The summed E-state index contributed by atoms with van der Waals surface area (Å²) in [7, 11) is -3.59. The Balaban J connectivity index is 1.95. The van der Waals surface area contributed by atoms with Crippen LogP contribution < -0.4 is 5.14 Å². The molecular formula is C14H19NO2S. The summed E-state index contributed by atoms with van der Waals surface area (Å²) in [6.45, 7) is 1.80. The molecule has 0 amide bonds. The Labute approximate surface area is 108 Å². The van der Waals surface area contributed by atoms with Gasteiger partial charge in [-0.2, -0.15) is 0 Å². The van der Waals surface area contributed by atoms with Gasteiger partial charge in [-0.1, -0.05) is 25.0 Å².